The van der Waals surface area contributed by atoms with Crippen molar-refractivity contribution in [3.63, 3.8) is 0 Å². The lowest BCUT2D eigenvalue weighted by atomic mass is 10.1. The number of hydrogen-bond acceptors (Lipinski definition) is 3. The van der Waals surface area contributed by atoms with Gasteiger partial charge in [-0.1, -0.05) is 51.9 Å². The van der Waals surface area contributed by atoms with Gasteiger partial charge in [-0.25, -0.2) is 0 Å². The van der Waals surface area contributed by atoms with E-state index in [-0.39, 0.29) is 6.42 Å². The van der Waals surface area contributed by atoms with Gasteiger partial charge in [-0.05, 0) is 18.6 Å². The molecule has 0 aromatic rings. The molecule has 0 rings (SSSR count). The molecular formula is C14H26O3S. The molecule has 0 aromatic carbocycles. The molecule has 0 amide bonds. The molecule has 18 heavy (non-hydrogen) atoms. The number of thiocarbonyl (C=S) groups is 1. The summed E-state index contributed by atoms with van der Waals surface area (Å²) in [5.74, 6) is -0.826. The van der Waals surface area contributed by atoms with Gasteiger partial charge in [0, 0.05) is 6.42 Å². The average Bonchev–Trinajstić information content (AvgIpc) is 2.34. The van der Waals surface area contributed by atoms with E-state index in [1.54, 1.807) is 0 Å². The van der Waals surface area contributed by atoms with E-state index in [1.807, 2.05) is 0 Å². The summed E-state index contributed by atoms with van der Waals surface area (Å²) in [7, 11) is 0. The summed E-state index contributed by atoms with van der Waals surface area (Å²) in [6, 6.07) is 0. The first-order valence-electron chi connectivity index (χ1n) is 7.04. The number of aliphatic carboxylic acids is 1. The Morgan fingerprint density at radius 3 is 2.11 bits per heavy atom. The maximum atomic E-state index is 10.3. The molecule has 0 aromatic heterocycles. The highest BCUT2D eigenvalue weighted by atomic mass is 32.1. The smallest absolute Gasteiger partial charge is 0.303 e. The molecule has 0 radical (unpaired) electrons. The predicted octanol–water partition coefficient (Wildman–Crippen LogP) is 4.34. The number of unbranched alkanes of at least 4 members (excludes halogenated alkanes) is 7. The largest absolute Gasteiger partial charge is 0.487 e. The van der Waals surface area contributed by atoms with Gasteiger partial charge in [0.1, 0.15) is 0 Å². The molecule has 4 heteroatoms. The number of carboxylic acid groups (broad SMARTS) is 1. The summed E-state index contributed by atoms with van der Waals surface area (Å²) in [5.41, 5.74) is 0. The Kier molecular flexibility index (Phi) is 12.4. The highest BCUT2D eigenvalue weighted by Gasteiger charge is 2.02. The molecule has 3 nitrogen and oxygen atoms in total. The van der Waals surface area contributed by atoms with Crippen LogP contribution in [0.1, 0.15) is 71.1 Å². The summed E-state index contributed by atoms with van der Waals surface area (Å²) in [4.78, 5) is 10.3. The highest BCUT2D eigenvalue weighted by molar-refractivity contribution is 7.80. The Hall–Kier alpha value is -0.640. The average molecular weight is 274 g/mol. The van der Waals surface area contributed by atoms with Crippen LogP contribution >= 0.6 is 12.2 Å². The van der Waals surface area contributed by atoms with Gasteiger partial charge in [-0.3, -0.25) is 4.79 Å². The van der Waals surface area contributed by atoms with E-state index in [4.69, 9.17) is 22.1 Å². The van der Waals surface area contributed by atoms with Crippen molar-refractivity contribution in [3.05, 3.63) is 0 Å². The van der Waals surface area contributed by atoms with Gasteiger partial charge >= 0.3 is 5.97 Å². The van der Waals surface area contributed by atoms with Crippen molar-refractivity contribution in [2.45, 2.75) is 71.1 Å². The normalized spacial score (nSPS) is 10.3. The van der Waals surface area contributed by atoms with E-state index in [9.17, 15) is 4.79 Å². The molecule has 0 fully saturated rings. The summed E-state index contributed by atoms with van der Waals surface area (Å²) in [6.45, 7) is 2.86. The van der Waals surface area contributed by atoms with Crippen LogP contribution in [0.25, 0.3) is 0 Å². The fourth-order valence-corrected chi connectivity index (χ4v) is 1.89. The molecule has 0 aliphatic rings. The molecule has 0 saturated heterocycles. The number of carboxylic acids is 1. The van der Waals surface area contributed by atoms with Gasteiger partial charge in [0.25, 0.3) is 0 Å². The van der Waals surface area contributed by atoms with Crippen molar-refractivity contribution in [1.82, 2.24) is 0 Å². The van der Waals surface area contributed by atoms with Crippen LogP contribution in [-0.2, 0) is 9.53 Å². The zero-order valence-electron chi connectivity index (χ0n) is 11.5. The highest BCUT2D eigenvalue weighted by Crippen LogP contribution is 2.08. The zero-order chi connectivity index (χ0) is 13.6. The Morgan fingerprint density at radius 1 is 1.00 bits per heavy atom. The molecule has 1 N–H and O–H groups in total. The van der Waals surface area contributed by atoms with E-state index in [2.05, 4.69) is 6.92 Å². The van der Waals surface area contributed by atoms with Gasteiger partial charge in [-0.2, -0.15) is 0 Å². The summed E-state index contributed by atoms with van der Waals surface area (Å²) in [5, 5.41) is 8.91. The van der Waals surface area contributed by atoms with Crippen LogP contribution in [0.3, 0.4) is 0 Å². The molecule has 0 unspecified atom stereocenters. The minimum atomic E-state index is -0.826. The van der Waals surface area contributed by atoms with Crippen molar-refractivity contribution in [1.29, 1.82) is 0 Å². The van der Waals surface area contributed by atoms with Gasteiger partial charge in [-0.15, -0.1) is 0 Å². The lowest BCUT2D eigenvalue weighted by molar-refractivity contribution is -0.136. The third kappa shape index (κ3) is 13.4. The van der Waals surface area contributed by atoms with Crippen molar-refractivity contribution in [2.75, 3.05) is 6.61 Å². The van der Waals surface area contributed by atoms with Gasteiger partial charge in [0.2, 0.25) is 0 Å². The van der Waals surface area contributed by atoms with E-state index in [1.165, 1.54) is 44.9 Å². The van der Waals surface area contributed by atoms with Crippen molar-refractivity contribution >= 4 is 23.2 Å². The lowest BCUT2D eigenvalue weighted by Gasteiger charge is -2.06. The minimum absolute atomic E-state index is 0.0657. The SMILES string of the molecule is CCCCCCCCCCOC(=S)CCC(=O)O. The second kappa shape index (κ2) is 12.8. The summed E-state index contributed by atoms with van der Waals surface area (Å²) >= 11 is 4.94. The van der Waals surface area contributed by atoms with Crippen molar-refractivity contribution in [2.24, 2.45) is 0 Å². The van der Waals surface area contributed by atoms with Crippen LogP contribution in [0.4, 0.5) is 0 Å². The van der Waals surface area contributed by atoms with E-state index in [0.29, 0.717) is 18.1 Å². The Balaban J connectivity index is 3.15. The topological polar surface area (TPSA) is 46.5 Å². The standard InChI is InChI=1S/C14H26O3S/c1-2-3-4-5-6-7-8-9-12-17-14(18)11-10-13(15)16/h2-12H2,1H3,(H,15,16). The fourth-order valence-electron chi connectivity index (χ4n) is 1.70. The van der Waals surface area contributed by atoms with Crippen molar-refractivity contribution in [3.8, 4) is 0 Å². The number of ether oxygens (including phenoxy) is 1. The minimum Gasteiger partial charge on any atom is -0.487 e. The third-order valence-corrected chi connectivity index (χ3v) is 3.13. The fraction of sp³-hybridized carbons (Fsp3) is 0.857. The van der Waals surface area contributed by atoms with E-state index >= 15 is 0 Å². The van der Waals surface area contributed by atoms with E-state index < -0.39 is 5.97 Å². The Labute approximate surface area is 116 Å². The molecular weight excluding hydrogens is 248 g/mol. The van der Waals surface area contributed by atoms with Crippen LogP contribution in [-0.4, -0.2) is 22.7 Å². The molecule has 0 bridgehead atoms. The van der Waals surface area contributed by atoms with Gasteiger partial charge in [0.15, 0.2) is 5.05 Å². The molecule has 0 saturated carbocycles. The zero-order valence-corrected chi connectivity index (χ0v) is 12.3. The van der Waals surface area contributed by atoms with Crippen LogP contribution in [0.2, 0.25) is 0 Å². The molecule has 0 heterocycles. The maximum Gasteiger partial charge on any atom is 0.303 e. The Morgan fingerprint density at radius 2 is 1.56 bits per heavy atom. The number of rotatable bonds is 12. The predicted molar refractivity (Wildman–Crippen MR) is 78.0 cm³/mol. The number of hydrogen-bond donors (Lipinski definition) is 1. The van der Waals surface area contributed by atoms with Crippen LogP contribution in [0.15, 0.2) is 0 Å². The number of carbonyl (C=O) groups is 1. The van der Waals surface area contributed by atoms with Gasteiger partial charge < -0.3 is 9.84 Å². The summed E-state index contributed by atoms with van der Waals surface area (Å²) < 4.78 is 5.31. The molecule has 0 spiro atoms. The van der Waals surface area contributed by atoms with E-state index in [0.717, 1.165) is 6.42 Å². The Bertz CT molecular complexity index is 229. The first-order valence-corrected chi connectivity index (χ1v) is 7.45. The third-order valence-electron chi connectivity index (χ3n) is 2.80. The monoisotopic (exact) mass is 274 g/mol. The molecule has 106 valence electrons. The van der Waals surface area contributed by atoms with Crippen molar-refractivity contribution < 1.29 is 14.6 Å². The lowest BCUT2D eigenvalue weighted by Crippen LogP contribution is -2.06. The molecule has 0 aliphatic heterocycles. The molecule has 0 aliphatic carbocycles. The second-order valence-electron chi connectivity index (χ2n) is 4.59. The first kappa shape index (κ1) is 17.4. The maximum absolute atomic E-state index is 10.3. The van der Waals surface area contributed by atoms with Crippen LogP contribution in [0.5, 0.6) is 0 Å². The first-order chi connectivity index (χ1) is 8.66. The van der Waals surface area contributed by atoms with Gasteiger partial charge in [0.05, 0.1) is 13.0 Å². The van der Waals surface area contributed by atoms with Crippen LogP contribution in [0, 0.1) is 0 Å². The van der Waals surface area contributed by atoms with Crippen LogP contribution < -0.4 is 0 Å². The molecule has 0 atom stereocenters. The second-order valence-corrected chi connectivity index (χ2v) is 5.04. The summed E-state index contributed by atoms with van der Waals surface area (Å²) in [6.07, 6.45) is 10.5. The quantitative estimate of drug-likeness (QED) is 0.425.